The molecule has 1 aromatic rings. The minimum Gasteiger partial charge on any atom is -0.478 e. The van der Waals surface area contributed by atoms with Crippen molar-refractivity contribution < 1.29 is 19.0 Å². The largest absolute Gasteiger partial charge is 0.478 e. The third-order valence-electron chi connectivity index (χ3n) is 4.84. The Morgan fingerprint density at radius 1 is 1.42 bits per heavy atom. The van der Waals surface area contributed by atoms with Crippen molar-refractivity contribution in [2.45, 2.75) is 31.3 Å². The number of nitrogens with zero attached hydrogens (tertiary/aromatic N) is 2. The van der Waals surface area contributed by atoms with Gasteiger partial charge in [0.25, 0.3) is 0 Å². The lowest BCUT2D eigenvalue weighted by Gasteiger charge is -2.53. The van der Waals surface area contributed by atoms with Crippen LogP contribution in [-0.4, -0.2) is 61.4 Å². The molecule has 6 heteroatoms. The number of hydrogen-bond acceptors (Lipinski definition) is 5. The minimum atomic E-state index is -0.128. The normalized spacial score (nSPS) is 22.2. The van der Waals surface area contributed by atoms with Gasteiger partial charge in [-0.05, 0) is 31.2 Å². The molecule has 1 aromatic heterocycles. The SMILES string of the molecule is COCCC(=O)N1CC2(C[C@H](CCOc3ccccn3)CCO2)C1. The summed E-state index contributed by atoms with van der Waals surface area (Å²) in [6.45, 7) is 3.36. The second kappa shape index (κ2) is 7.94. The molecule has 2 fully saturated rings. The summed E-state index contributed by atoms with van der Waals surface area (Å²) in [5.41, 5.74) is -0.128. The van der Waals surface area contributed by atoms with Gasteiger partial charge in [0.2, 0.25) is 11.8 Å². The van der Waals surface area contributed by atoms with E-state index >= 15 is 0 Å². The summed E-state index contributed by atoms with van der Waals surface area (Å²) in [4.78, 5) is 18.0. The van der Waals surface area contributed by atoms with E-state index in [-0.39, 0.29) is 11.5 Å². The number of rotatable bonds is 7. The lowest BCUT2D eigenvalue weighted by molar-refractivity contribution is -0.189. The molecular formula is C18H26N2O4. The number of hydrogen-bond donors (Lipinski definition) is 0. The predicted octanol–water partition coefficient (Wildman–Crippen LogP) is 1.89. The van der Waals surface area contributed by atoms with Crippen molar-refractivity contribution in [3.05, 3.63) is 24.4 Å². The van der Waals surface area contributed by atoms with Gasteiger partial charge in [0.15, 0.2) is 0 Å². The molecule has 0 N–H and O–H groups in total. The van der Waals surface area contributed by atoms with Gasteiger partial charge in [-0.25, -0.2) is 4.98 Å². The quantitative estimate of drug-likeness (QED) is 0.762. The predicted molar refractivity (Wildman–Crippen MR) is 88.8 cm³/mol. The van der Waals surface area contributed by atoms with Crippen molar-refractivity contribution in [1.82, 2.24) is 9.88 Å². The highest BCUT2D eigenvalue weighted by Gasteiger charge is 2.48. The fourth-order valence-electron chi connectivity index (χ4n) is 3.53. The van der Waals surface area contributed by atoms with E-state index in [4.69, 9.17) is 14.2 Å². The Balaban J connectivity index is 1.40. The molecule has 2 aliphatic heterocycles. The molecule has 1 spiro atoms. The summed E-state index contributed by atoms with van der Waals surface area (Å²) in [6.07, 6.45) is 5.26. The third kappa shape index (κ3) is 4.24. The molecule has 2 saturated heterocycles. The van der Waals surface area contributed by atoms with E-state index in [0.29, 0.717) is 44.5 Å². The van der Waals surface area contributed by atoms with Gasteiger partial charge in [0.05, 0.1) is 32.7 Å². The number of likely N-dealkylation sites (tertiary alicyclic amines) is 1. The summed E-state index contributed by atoms with van der Waals surface area (Å²) in [5, 5.41) is 0. The Bertz CT molecular complexity index is 531. The van der Waals surface area contributed by atoms with E-state index in [1.54, 1.807) is 13.3 Å². The molecule has 3 rings (SSSR count). The maximum atomic E-state index is 12.0. The maximum absolute atomic E-state index is 12.0. The van der Waals surface area contributed by atoms with Crippen LogP contribution in [0.5, 0.6) is 5.88 Å². The molecule has 3 heterocycles. The molecule has 0 aromatic carbocycles. The Hall–Kier alpha value is -1.66. The van der Waals surface area contributed by atoms with Gasteiger partial charge in [-0.15, -0.1) is 0 Å². The standard InChI is InChI=1S/C18H26N2O4/c1-22-9-7-17(21)20-13-18(14-20)12-15(6-11-24-18)5-10-23-16-4-2-3-8-19-16/h2-4,8,15H,5-7,9-14H2,1H3/t15-/m1/s1. The molecular weight excluding hydrogens is 308 g/mol. The number of amides is 1. The maximum Gasteiger partial charge on any atom is 0.225 e. The van der Waals surface area contributed by atoms with Crippen molar-refractivity contribution in [2.24, 2.45) is 5.92 Å². The third-order valence-corrected chi connectivity index (χ3v) is 4.84. The molecule has 0 bridgehead atoms. The molecule has 0 radical (unpaired) electrons. The number of aromatic nitrogens is 1. The topological polar surface area (TPSA) is 60.9 Å². The highest BCUT2D eigenvalue weighted by Crippen LogP contribution is 2.38. The summed E-state index contributed by atoms with van der Waals surface area (Å²) in [6, 6.07) is 5.68. The van der Waals surface area contributed by atoms with E-state index in [0.717, 1.165) is 25.9 Å². The summed E-state index contributed by atoms with van der Waals surface area (Å²) in [5.74, 6) is 1.42. The number of pyridine rings is 1. The Kier molecular flexibility index (Phi) is 5.68. The van der Waals surface area contributed by atoms with Crippen molar-refractivity contribution in [1.29, 1.82) is 0 Å². The van der Waals surface area contributed by atoms with Gasteiger partial charge in [0.1, 0.15) is 5.60 Å². The monoisotopic (exact) mass is 334 g/mol. The highest BCUT2D eigenvalue weighted by molar-refractivity contribution is 5.77. The van der Waals surface area contributed by atoms with Gasteiger partial charge >= 0.3 is 0 Å². The highest BCUT2D eigenvalue weighted by atomic mass is 16.5. The first-order valence-electron chi connectivity index (χ1n) is 8.65. The molecule has 24 heavy (non-hydrogen) atoms. The van der Waals surface area contributed by atoms with Crippen molar-refractivity contribution in [2.75, 3.05) is 40.0 Å². The zero-order chi connectivity index (χ0) is 16.8. The summed E-state index contributed by atoms with van der Waals surface area (Å²) in [7, 11) is 1.62. The lowest BCUT2D eigenvalue weighted by Crippen LogP contribution is -2.66. The van der Waals surface area contributed by atoms with Crippen LogP contribution in [-0.2, 0) is 14.3 Å². The van der Waals surface area contributed by atoms with Crippen LogP contribution in [0.3, 0.4) is 0 Å². The Morgan fingerprint density at radius 2 is 2.29 bits per heavy atom. The van der Waals surface area contributed by atoms with Gasteiger partial charge in [-0.1, -0.05) is 6.07 Å². The van der Waals surface area contributed by atoms with E-state index in [1.165, 1.54) is 0 Å². The lowest BCUT2D eigenvalue weighted by atomic mass is 9.79. The van der Waals surface area contributed by atoms with Crippen molar-refractivity contribution >= 4 is 5.91 Å². The van der Waals surface area contributed by atoms with Crippen LogP contribution < -0.4 is 4.74 Å². The average molecular weight is 334 g/mol. The molecule has 1 amide bonds. The number of ether oxygens (including phenoxy) is 3. The number of methoxy groups -OCH3 is 1. The summed E-state index contributed by atoms with van der Waals surface area (Å²) < 4.78 is 16.7. The van der Waals surface area contributed by atoms with Gasteiger partial charge < -0.3 is 19.1 Å². The van der Waals surface area contributed by atoms with Gasteiger partial charge in [-0.3, -0.25) is 4.79 Å². The second-order valence-corrected chi connectivity index (χ2v) is 6.69. The van der Waals surface area contributed by atoms with Crippen molar-refractivity contribution in [3.63, 3.8) is 0 Å². The fraction of sp³-hybridized carbons (Fsp3) is 0.667. The zero-order valence-corrected chi connectivity index (χ0v) is 14.3. The molecule has 2 aliphatic rings. The fourth-order valence-corrected chi connectivity index (χ4v) is 3.53. The van der Waals surface area contributed by atoms with Crippen LogP contribution in [0.15, 0.2) is 24.4 Å². The van der Waals surface area contributed by atoms with E-state index in [1.807, 2.05) is 23.1 Å². The number of carbonyl (C=O) groups is 1. The first-order valence-corrected chi connectivity index (χ1v) is 8.65. The first-order chi connectivity index (χ1) is 11.7. The van der Waals surface area contributed by atoms with Crippen LogP contribution >= 0.6 is 0 Å². The van der Waals surface area contributed by atoms with Crippen LogP contribution in [0.1, 0.15) is 25.7 Å². The van der Waals surface area contributed by atoms with Gasteiger partial charge in [0, 0.05) is 26.0 Å². The minimum absolute atomic E-state index is 0.128. The number of carbonyl (C=O) groups excluding carboxylic acids is 1. The molecule has 132 valence electrons. The zero-order valence-electron chi connectivity index (χ0n) is 14.3. The smallest absolute Gasteiger partial charge is 0.225 e. The van der Waals surface area contributed by atoms with Crippen LogP contribution in [0.2, 0.25) is 0 Å². The second-order valence-electron chi connectivity index (χ2n) is 6.69. The molecule has 0 aliphatic carbocycles. The van der Waals surface area contributed by atoms with Gasteiger partial charge in [-0.2, -0.15) is 0 Å². The summed E-state index contributed by atoms with van der Waals surface area (Å²) >= 11 is 0. The van der Waals surface area contributed by atoms with Crippen molar-refractivity contribution in [3.8, 4) is 5.88 Å². The molecule has 0 saturated carbocycles. The Morgan fingerprint density at radius 3 is 3.04 bits per heavy atom. The molecule has 6 nitrogen and oxygen atoms in total. The Labute approximate surface area is 143 Å². The van der Waals surface area contributed by atoms with E-state index in [9.17, 15) is 4.79 Å². The van der Waals surface area contributed by atoms with Crippen LogP contribution in [0, 0.1) is 5.92 Å². The molecule has 1 atom stereocenters. The van der Waals surface area contributed by atoms with E-state index in [2.05, 4.69) is 4.98 Å². The van der Waals surface area contributed by atoms with E-state index < -0.39 is 0 Å². The average Bonchev–Trinajstić information content (AvgIpc) is 2.58. The first kappa shape index (κ1) is 17.2. The molecule has 0 unspecified atom stereocenters. The van der Waals surface area contributed by atoms with Crippen LogP contribution in [0.4, 0.5) is 0 Å². The van der Waals surface area contributed by atoms with Crippen LogP contribution in [0.25, 0.3) is 0 Å².